The van der Waals surface area contributed by atoms with E-state index in [-0.39, 0.29) is 0 Å². The highest BCUT2D eigenvalue weighted by molar-refractivity contribution is 9.09. The van der Waals surface area contributed by atoms with Gasteiger partial charge < -0.3 is 0 Å². The first-order chi connectivity index (χ1) is 8.22. The smallest absolute Gasteiger partial charge is 0.141 e. The van der Waals surface area contributed by atoms with Crippen molar-refractivity contribution in [1.82, 2.24) is 19.7 Å². The van der Waals surface area contributed by atoms with E-state index in [0.29, 0.717) is 6.04 Å². The minimum Gasteiger partial charge on any atom is -0.292 e. The molecule has 2 rings (SSSR count). The second kappa shape index (κ2) is 5.96. The summed E-state index contributed by atoms with van der Waals surface area (Å²) in [7, 11) is 0. The van der Waals surface area contributed by atoms with Gasteiger partial charge in [-0.25, -0.2) is 9.67 Å². The molecular formula is C12H21BrN4. The van der Waals surface area contributed by atoms with Gasteiger partial charge in [-0.3, -0.25) is 4.90 Å². The van der Waals surface area contributed by atoms with Crippen molar-refractivity contribution in [2.75, 3.05) is 11.9 Å². The summed E-state index contributed by atoms with van der Waals surface area (Å²) in [5.74, 6) is 1.09. The normalized spacial score (nSPS) is 16.8. The van der Waals surface area contributed by atoms with E-state index in [1.54, 1.807) is 6.33 Å². The van der Waals surface area contributed by atoms with Crippen molar-refractivity contribution >= 4 is 15.9 Å². The lowest BCUT2D eigenvalue weighted by molar-refractivity contribution is 0.122. The Morgan fingerprint density at radius 3 is 2.82 bits per heavy atom. The Labute approximate surface area is 112 Å². The van der Waals surface area contributed by atoms with Gasteiger partial charge in [-0.15, -0.1) is 0 Å². The van der Waals surface area contributed by atoms with Crippen LogP contribution in [0.15, 0.2) is 6.33 Å². The van der Waals surface area contributed by atoms with E-state index in [9.17, 15) is 0 Å². The van der Waals surface area contributed by atoms with Crippen LogP contribution in [0, 0.1) is 0 Å². The summed E-state index contributed by atoms with van der Waals surface area (Å²) >= 11 is 3.54. The molecule has 0 N–H and O–H groups in total. The molecule has 0 unspecified atom stereocenters. The fraction of sp³-hybridized carbons (Fsp3) is 0.833. The molecule has 0 amide bonds. The predicted molar refractivity (Wildman–Crippen MR) is 72.3 cm³/mol. The van der Waals surface area contributed by atoms with Crippen LogP contribution in [-0.4, -0.2) is 37.6 Å². The molecule has 1 saturated carbocycles. The van der Waals surface area contributed by atoms with Crippen molar-refractivity contribution in [3.8, 4) is 0 Å². The van der Waals surface area contributed by atoms with Gasteiger partial charge in [-0.2, -0.15) is 5.10 Å². The van der Waals surface area contributed by atoms with E-state index in [0.717, 1.165) is 30.3 Å². The number of aromatic nitrogens is 3. The van der Waals surface area contributed by atoms with Gasteiger partial charge in [0.25, 0.3) is 0 Å². The molecule has 1 aromatic heterocycles. The maximum Gasteiger partial charge on any atom is 0.141 e. The highest BCUT2D eigenvalue weighted by Gasteiger charge is 2.25. The number of hydrogen-bond donors (Lipinski definition) is 0. The third-order valence-electron chi connectivity index (χ3n) is 3.44. The third kappa shape index (κ3) is 3.07. The monoisotopic (exact) mass is 300 g/mol. The second-order valence-corrected chi connectivity index (χ2v) is 5.75. The molecule has 1 aliphatic rings. The molecule has 0 aromatic carbocycles. The Bertz CT molecular complexity index is 346. The summed E-state index contributed by atoms with van der Waals surface area (Å²) in [5.41, 5.74) is 0. The molecule has 96 valence electrons. The number of rotatable bonds is 6. The lowest BCUT2D eigenvalue weighted by Gasteiger charge is -2.37. The lowest BCUT2D eigenvalue weighted by atomic mass is 9.91. The van der Waals surface area contributed by atoms with Crippen LogP contribution in [0.5, 0.6) is 0 Å². The Morgan fingerprint density at radius 2 is 2.29 bits per heavy atom. The average Bonchev–Trinajstić information content (AvgIpc) is 2.63. The molecule has 0 spiro atoms. The Balaban J connectivity index is 2.03. The van der Waals surface area contributed by atoms with Crippen LogP contribution in [0.4, 0.5) is 0 Å². The van der Waals surface area contributed by atoms with E-state index in [1.807, 2.05) is 4.68 Å². The van der Waals surface area contributed by atoms with Crippen LogP contribution >= 0.6 is 15.9 Å². The molecule has 17 heavy (non-hydrogen) atoms. The standard InChI is InChI=1S/C12H21BrN4/c1-10(2)17-12(14-9-15-17)8-16(7-6-13)11-4-3-5-11/h9-11H,3-8H2,1-2H3. The van der Waals surface area contributed by atoms with Crippen molar-refractivity contribution in [2.45, 2.75) is 51.7 Å². The quantitative estimate of drug-likeness (QED) is 0.757. The molecule has 0 aliphatic heterocycles. The number of hydrogen-bond acceptors (Lipinski definition) is 3. The van der Waals surface area contributed by atoms with Gasteiger partial charge in [0.15, 0.2) is 0 Å². The molecular weight excluding hydrogens is 280 g/mol. The highest BCUT2D eigenvalue weighted by Crippen LogP contribution is 2.26. The van der Waals surface area contributed by atoms with Gasteiger partial charge in [-0.05, 0) is 26.7 Å². The summed E-state index contributed by atoms with van der Waals surface area (Å²) in [6, 6.07) is 1.14. The van der Waals surface area contributed by atoms with E-state index in [2.05, 4.69) is 44.8 Å². The minimum absolute atomic E-state index is 0.389. The molecule has 0 atom stereocenters. The number of alkyl halides is 1. The van der Waals surface area contributed by atoms with Gasteiger partial charge in [-0.1, -0.05) is 22.4 Å². The van der Waals surface area contributed by atoms with Gasteiger partial charge in [0.05, 0.1) is 6.54 Å². The number of nitrogens with zero attached hydrogens (tertiary/aromatic N) is 4. The van der Waals surface area contributed by atoms with Crippen LogP contribution in [0.3, 0.4) is 0 Å². The average molecular weight is 301 g/mol. The molecule has 0 bridgehead atoms. The van der Waals surface area contributed by atoms with Gasteiger partial charge in [0, 0.05) is 24.0 Å². The Hall–Kier alpha value is -0.420. The fourth-order valence-corrected chi connectivity index (χ4v) is 2.71. The predicted octanol–water partition coefficient (Wildman–Crippen LogP) is 2.61. The summed E-state index contributed by atoms with van der Waals surface area (Å²) in [4.78, 5) is 6.92. The summed E-state index contributed by atoms with van der Waals surface area (Å²) in [5, 5.41) is 5.33. The van der Waals surface area contributed by atoms with Crippen LogP contribution in [0.1, 0.15) is 45.0 Å². The molecule has 5 heteroatoms. The van der Waals surface area contributed by atoms with E-state index in [1.165, 1.54) is 19.3 Å². The largest absolute Gasteiger partial charge is 0.292 e. The molecule has 1 aromatic rings. The first-order valence-corrected chi connectivity index (χ1v) is 7.53. The van der Waals surface area contributed by atoms with E-state index in [4.69, 9.17) is 0 Å². The molecule has 4 nitrogen and oxygen atoms in total. The van der Waals surface area contributed by atoms with Crippen LogP contribution in [-0.2, 0) is 6.54 Å². The topological polar surface area (TPSA) is 34.0 Å². The first-order valence-electron chi connectivity index (χ1n) is 6.40. The third-order valence-corrected chi connectivity index (χ3v) is 3.80. The van der Waals surface area contributed by atoms with Gasteiger partial charge in [0.2, 0.25) is 0 Å². The first kappa shape index (κ1) is 13.0. The summed E-state index contributed by atoms with van der Waals surface area (Å²) < 4.78 is 2.03. The molecule has 0 radical (unpaired) electrons. The fourth-order valence-electron chi connectivity index (χ4n) is 2.25. The van der Waals surface area contributed by atoms with Crippen molar-refractivity contribution in [3.63, 3.8) is 0 Å². The summed E-state index contributed by atoms with van der Waals surface area (Å²) in [6.45, 7) is 6.32. The zero-order chi connectivity index (χ0) is 12.3. The Morgan fingerprint density at radius 1 is 1.53 bits per heavy atom. The number of halogens is 1. The minimum atomic E-state index is 0.389. The summed E-state index contributed by atoms with van der Waals surface area (Å²) in [6.07, 6.45) is 5.72. The molecule has 1 fully saturated rings. The van der Waals surface area contributed by atoms with Gasteiger partial charge >= 0.3 is 0 Å². The van der Waals surface area contributed by atoms with Crippen molar-refractivity contribution < 1.29 is 0 Å². The Kier molecular flexibility index (Phi) is 4.56. The maximum atomic E-state index is 4.40. The molecule has 0 saturated heterocycles. The molecule has 1 heterocycles. The van der Waals surface area contributed by atoms with Crippen molar-refractivity contribution in [2.24, 2.45) is 0 Å². The molecule has 1 aliphatic carbocycles. The highest BCUT2D eigenvalue weighted by atomic mass is 79.9. The second-order valence-electron chi connectivity index (χ2n) is 4.96. The SMILES string of the molecule is CC(C)n1ncnc1CN(CCBr)C1CCC1. The van der Waals surface area contributed by atoms with E-state index < -0.39 is 0 Å². The van der Waals surface area contributed by atoms with Crippen molar-refractivity contribution in [1.29, 1.82) is 0 Å². The zero-order valence-corrected chi connectivity index (χ0v) is 12.2. The van der Waals surface area contributed by atoms with E-state index >= 15 is 0 Å². The zero-order valence-electron chi connectivity index (χ0n) is 10.6. The van der Waals surface area contributed by atoms with Crippen LogP contribution < -0.4 is 0 Å². The van der Waals surface area contributed by atoms with Gasteiger partial charge in [0.1, 0.15) is 12.2 Å². The van der Waals surface area contributed by atoms with Crippen LogP contribution in [0.25, 0.3) is 0 Å². The maximum absolute atomic E-state index is 4.40. The van der Waals surface area contributed by atoms with Crippen molar-refractivity contribution in [3.05, 3.63) is 12.2 Å². The van der Waals surface area contributed by atoms with Crippen LogP contribution in [0.2, 0.25) is 0 Å². The lowest BCUT2D eigenvalue weighted by Crippen LogP contribution is -2.41.